The maximum Gasteiger partial charge on any atom is 0.412 e. The van der Waals surface area contributed by atoms with Gasteiger partial charge in [-0.25, -0.2) is 4.79 Å². The number of esters is 1. The fourth-order valence-electron chi connectivity index (χ4n) is 4.15. The van der Waals surface area contributed by atoms with Crippen molar-refractivity contribution in [2.45, 2.75) is 51.3 Å². The van der Waals surface area contributed by atoms with E-state index in [1.807, 2.05) is 6.92 Å². The molecule has 29 heavy (non-hydrogen) atoms. The number of rotatable bonds is 5. The third kappa shape index (κ3) is 4.55. The van der Waals surface area contributed by atoms with E-state index in [0.717, 1.165) is 19.2 Å². The first-order chi connectivity index (χ1) is 13.7. The molecule has 0 aromatic carbocycles. The largest absolute Gasteiger partial charge is 0.449 e. The van der Waals surface area contributed by atoms with Crippen LogP contribution >= 0.6 is 0 Å². The number of carbonyl (C=O) groups excluding carboxylic acids is 2. The van der Waals surface area contributed by atoms with E-state index in [0.29, 0.717) is 42.7 Å². The summed E-state index contributed by atoms with van der Waals surface area (Å²) in [6, 6.07) is 0. The van der Waals surface area contributed by atoms with Gasteiger partial charge in [-0.05, 0) is 38.8 Å². The average molecular weight is 413 g/mol. The highest BCUT2D eigenvalue weighted by Gasteiger charge is 2.52. The van der Waals surface area contributed by atoms with Gasteiger partial charge in [0.05, 0.1) is 12.1 Å². The first kappa shape index (κ1) is 21.5. The van der Waals surface area contributed by atoms with Crippen LogP contribution < -0.4 is 5.32 Å². The number of amides is 1. The number of likely N-dealkylation sites (N-methyl/N-ethyl adjacent to an activating group) is 1. The average Bonchev–Trinajstić information content (AvgIpc) is 3.18. The van der Waals surface area contributed by atoms with Crippen molar-refractivity contribution < 1.29 is 27.5 Å². The van der Waals surface area contributed by atoms with Crippen LogP contribution in [0, 0.1) is 0 Å². The molecule has 1 spiro atoms. The molecule has 3 rings (SSSR count). The van der Waals surface area contributed by atoms with Crippen LogP contribution in [0.5, 0.6) is 0 Å². The Morgan fingerprint density at radius 1 is 1.38 bits per heavy atom. The maximum atomic E-state index is 12.8. The zero-order chi connectivity index (χ0) is 21.2. The lowest BCUT2D eigenvalue weighted by atomic mass is 9.90. The lowest BCUT2D eigenvalue weighted by Gasteiger charge is -2.26. The monoisotopic (exact) mass is 413 g/mol. The number of halogens is 3. The summed E-state index contributed by atoms with van der Waals surface area (Å²) >= 11 is 0. The summed E-state index contributed by atoms with van der Waals surface area (Å²) < 4.78 is 44.0. The van der Waals surface area contributed by atoms with E-state index >= 15 is 0 Å². The van der Waals surface area contributed by atoms with Crippen LogP contribution in [0.25, 0.3) is 0 Å². The highest BCUT2D eigenvalue weighted by atomic mass is 19.4. The Labute approximate surface area is 167 Å². The van der Waals surface area contributed by atoms with Crippen LogP contribution in [0.4, 0.5) is 13.2 Å². The van der Waals surface area contributed by atoms with E-state index in [2.05, 4.69) is 15.2 Å². The molecule has 3 aliphatic rings. The van der Waals surface area contributed by atoms with Gasteiger partial charge in [-0.2, -0.15) is 13.2 Å². The van der Waals surface area contributed by atoms with E-state index in [1.165, 1.54) is 0 Å². The van der Waals surface area contributed by atoms with Crippen LogP contribution in [0.1, 0.15) is 39.5 Å². The third-order valence-corrected chi connectivity index (χ3v) is 5.71. The van der Waals surface area contributed by atoms with Crippen LogP contribution in [0.15, 0.2) is 27.8 Å². The molecule has 0 aromatic heterocycles. The number of hydrogen-bond donors (Lipinski definition) is 1. The standard InChI is InChI=1S/C20H26F3N3O3/c1-3-26-10-7-19(12-26)16(13(2)18(28)29-19)17(27)25-9-8-24-15-6-4-5-14(11-15)20(21,22)23/h11H,3-10,12H2,1-2H3,(H,25,27). The lowest BCUT2D eigenvalue weighted by molar-refractivity contribution is -0.146. The van der Waals surface area contributed by atoms with Crippen molar-refractivity contribution in [2.24, 2.45) is 4.99 Å². The van der Waals surface area contributed by atoms with Gasteiger partial charge >= 0.3 is 12.1 Å². The number of aliphatic imine (C=N–C) groups is 1. The molecule has 0 bridgehead atoms. The number of ether oxygens (including phenoxy) is 1. The molecule has 2 heterocycles. The molecule has 1 amide bonds. The molecular weight excluding hydrogens is 387 g/mol. The predicted octanol–water partition coefficient (Wildman–Crippen LogP) is 2.55. The Balaban J connectivity index is 1.61. The van der Waals surface area contributed by atoms with E-state index in [-0.39, 0.29) is 25.4 Å². The molecule has 2 aliphatic heterocycles. The van der Waals surface area contributed by atoms with Crippen LogP contribution in [0.2, 0.25) is 0 Å². The number of likely N-dealkylation sites (tertiary alicyclic amines) is 1. The molecule has 0 aromatic rings. The molecule has 1 unspecified atom stereocenters. The van der Waals surface area contributed by atoms with Gasteiger partial charge in [0.25, 0.3) is 5.91 Å². The fraction of sp³-hybridized carbons (Fsp3) is 0.650. The number of nitrogens with zero attached hydrogens (tertiary/aromatic N) is 2. The quantitative estimate of drug-likeness (QED) is 0.556. The van der Waals surface area contributed by atoms with Gasteiger partial charge in [-0.15, -0.1) is 0 Å². The van der Waals surface area contributed by atoms with E-state index in [9.17, 15) is 22.8 Å². The molecule has 6 nitrogen and oxygen atoms in total. The molecule has 9 heteroatoms. The van der Waals surface area contributed by atoms with Gasteiger partial charge in [-0.1, -0.05) is 6.92 Å². The summed E-state index contributed by atoms with van der Waals surface area (Å²) in [5, 5.41) is 2.74. The number of nitrogens with one attached hydrogen (secondary N) is 1. The van der Waals surface area contributed by atoms with Crippen molar-refractivity contribution in [3.8, 4) is 0 Å². The van der Waals surface area contributed by atoms with E-state index in [1.54, 1.807) is 6.92 Å². The zero-order valence-electron chi connectivity index (χ0n) is 16.7. The summed E-state index contributed by atoms with van der Waals surface area (Å²) in [7, 11) is 0. The van der Waals surface area contributed by atoms with E-state index < -0.39 is 23.3 Å². The molecule has 0 saturated carbocycles. The minimum absolute atomic E-state index is 0.0115. The van der Waals surface area contributed by atoms with Gasteiger partial charge in [0.2, 0.25) is 0 Å². The van der Waals surface area contributed by atoms with Crippen molar-refractivity contribution in [3.63, 3.8) is 0 Å². The Morgan fingerprint density at radius 2 is 2.14 bits per heavy atom. The molecule has 1 atom stereocenters. The molecule has 1 N–H and O–H groups in total. The summed E-state index contributed by atoms with van der Waals surface area (Å²) in [5.74, 6) is -0.845. The second-order valence-corrected chi connectivity index (χ2v) is 7.65. The Morgan fingerprint density at radius 3 is 2.79 bits per heavy atom. The molecule has 1 saturated heterocycles. The van der Waals surface area contributed by atoms with Gasteiger partial charge in [-0.3, -0.25) is 14.7 Å². The van der Waals surface area contributed by atoms with Gasteiger partial charge in [0, 0.05) is 42.9 Å². The maximum absolute atomic E-state index is 12.8. The van der Waals surface area contributed by atoms with Crippen molar-refractivity contribution in [3.05, 3.63) is 22.8 Å². The Hall–Kier alpha value is -2.16. The normalized spacial score (nSPS) is 27.0. The topological polar surface area (TPSA) is 71.0 Å². The smallest absolute Gasteiger partial charge is 0.412 e. The van der Waals surface area contributed by atoms with Crippen molar-refractivity contribution in [1.29, 1.82) is 0 Å². The van der Waals surface area contributed by atoms with Crippen molar-refractivity contribution >= 4 is 17.6 Å². The summed E-state index contributed by atoms with van der Waals surface area (Å²) in [4.78, 5) is 31.2. The highest BCUT2D eigenvalue weighted by molar-refractivity contribution is 6.07. The predicted molar refractivity (Wildman–Crippen MR) is 102 cm³/mol. The Bertz CT molecular complexity index is 786. The second-order valence-electron chi connectivity index (χ2n) is 7.65. The van der Waals surface area contributed by atoms with Crippen molar-refractivity contribution in [2.75, 3.05) is 32.7 Å². The summed E-state index contributed by atoms with van der Waals surface area (Å²) in [5.41, 5.74) is -0.378. The van der Waals surface area contributed by atoms with Crippen LogP contribution in [-0.2, 0) is 14.3 Å². The van der Waals surface area contributed by atoms with Gasteiger partial charge in [0.15, 0.2) is 5.60 Å². The van der Waals surface area contributed by atoms with Gasteiger partial charge < -0.3 is 10.1 Å². The summed E-state index contributed by atoms with van der Waals surface area (Å²) in [6.45, 7) is 5.99. The first-order valence-corrected chi connectivity index (χ1v) is 9.92. The van der Waals surface area contributed by atoms with Crippen LogP contribution in [-0.4, -0.2) is 67.0 Å². The highest BCUT2D eigenvalue weighted by Crippen LogP contribution is 2.40. The summed E-state index contributed by atoms with van der Waals surface area (Å²) in [6.07, 6.45) is -1.73. The van der Waals surface area contributed by atoms with E-state index in [4.69, 9.17) is 4.74 Å². The fourth-order valence-corrected chi connectivity index (χ4v) is 4.15. The minimum Gasteiger partial charge on any atom is -0.449 e. The van der Waals surface area contributed by atoms with Crippen LogP contribution in [0.3, 0.4) is 0 Å². The molecule has 1 fully saturated rings. The molecule has 1 aliphatic carbocycles. The zero-order valence-corrected chi connectivity index (χ0v) is 16.7. The van der Waals surface area contributed by atoms with Gasteiger partial charge in [0.1, 0.15) is 0 Å². The number of carbonyl (C=O) groups is 2. The Kier molecular flexibility index (Phi) is 6.16. The molecular formula is C20H26F3N3O3. The SMILES string of the molecule is CCN1CCC2(C1)OC(=O)C(C)=C2C(=O)NCCN=C1C=C(C(F)(F)F)CCC1. The number of alkyl halides is 3. The number of hydrogen-bond acceptors (Lipinski definition) is 5. The minimum atomic E-state index is -4.32. The van der Waals surface area contributed by atoms with Crippen molar-refractivity contribution in [1.82, 2.24) is 10.2 Å². The third-order valence-electron chi connectivity index (χ3n) is 5.71. The lowest BCUT2D eigenvalue weighted by Crippen LogP contribution is -2.42. The first-order valence-electron chi connectivity index (χ1n) is 9.92. The number of allylic oxidation sites excluding steroid dienone is 2. The second kappa shape index (κ2) is 8.30. The molecule has 160 valence electrons. The molecule has 0 radical (unpaired) electrons.